The minimum Gasteiger partial charge on any atom is -0.497 e. The SMILES string of the molecule is COc1ccc(CN2CCN(C(=O)c3ccc(-c4ccc(F)cc4)cc3)CCC2=O)cc1. The van der Waals surface area contributed by atoms with Crippen molar-refractivity contribution in [2.75, 3.05) is 26.7 Å². The summed E-state index contributed by atoms with van der Waals surface area (Å²) in [5, 5.41) is 0. The molecule has 4 rings (SSSR count). The summed E-state index contributed by atoms with van der Waals surface area (Å²) in [5.74, 6) is 0.452. The van der Waals surface area contributed by atoms with E-state index >= 15 is 0 Å². The van der Waals surface area contributed by atoms with Gasteiger partial charge >= 0.3 is 0 Å². The van der Waals surface area contributed by atoms with E-state index < -0.39 is 0 Å². The van der Waals surface area contributed by atoms with Crippen LogP contribution < -0.4 is 4.74 Å². The second-order valence-electron chi connectivity index (χ2n) is 7.79. The zero-order valence-corrected chi connectivity index (χ0v) is 18.0. The molecule has 0 N–H and O–H groups in total. The Bertz CT molecular complexity index is 1080. The van der Waals surface area contributed by atoms with Gasteiger partial charge in [-0.2, -0.15) is 0 Å². The van der Waals surface area contributed by atoms with Crippen molar-refractivity contribution in [2.24, 2.45) is 0 Å². The molecule has 3 aromatic carbocycles. The Labute approximate surface area is 187 Å². The lowest BCUT2D eigenvalue weighted by molar-refractivity contribution is -0.130. The first-order chi connectivity index (χ1) is 15.5. The molecule has 0 saturated carbocycles. The summed E-state index contributed by atoms with van der Waals surface area (Å²) in [6.07, 6.45) is 0.301. The standard InChI is InChI=1S/C26H25FN2O3/c1-32-24-12-2-19(3-13-24)18-29-17-16-28(15-14-25(29)30)26(31)22-6-4-20(5-7-22)21-8-10-23(27)11-9-21/h2-13H,14-18H2,1H3. The Morgan fingerprint density at radius 2 is 1.50 bits per heavy atom. The summed E-state index contributed by atoms with van der Waals surface area (Å²) in [6, 6.07) is 21.2. The van der Waals surface area contributed by atoms with Gasteiger partial charge in [0.2, 0.25) is 5.91 Å². The maximum Gasteiger partial charge on any atom is 0.253 e. The Morgan fingerprint density at radius 1 is 0.875 bits per heavy atom. The largest absolute Gasteiger partial charge is 0.497 e. The normalized spacial score (nSPS) is 14.2. The summed E-state index contributed by atoms with van der Waals surface area (Å²) in [7, 11) is 1.62. The maximum absolute atomic E-state index is 13.1. The Balaban J connectivity index is 1.40. The number of benzene rings is 3. The second kappa shape index (κ2) is 9.64. The van der Waals surface area contributed by atoms with Crippen LogP contribution in [0.1, 0.15) is 22.3 Å². The second-order valence-corrected chi connectivity index (χ2v) is 7.79. The molecule has 0 atom stereocenters. The van der Waals surface area contributed by atoms with Gasteiger partial charge in [-0.3, -0.25) is 9.59 Å². The first-order valence-electron chi connectivity index (χ1n) is 10.6. The van der Waals surface area contributed by atoms with E-state index in [1.807, 2.05) is 36.4 Å². The molecule has 0 bridgehead atoms. The third-order valence-electron chi connectivity index (χ3n) is 5.72. The number of methoxy groups -OCH3 is 1. The molecule has 0 spiro atoms. The fourth-order valence-corrected chi connectivity index (χ4v) is 3.82. The molecule has 6 heteroatoms. The summed E-state index contributed by atoms with van der Waals surface area (Å²) in [6.45, 7) is 1.89. The Hall–Kier alpha value is -3.67. The average Bonchev–Trinajstić information content (AvgIpc) is 3.01. The van der Waals surface area contributed by atoms with E-state index in [1.165, 1.54) is 12.1 Å². The molecule has 0 aliphatic carbocycles. The number of amides is 2. The zero-order valence-electron chi connectivity index (χ0n) is 18.0. The van der Waals surface area contributed by atoms with Crippen LogP contribution in [-0.4, -0.2) is 48.4 Å². The van der Waals surface area contributed by atoms with Crippen LogP contribution in [0.25, 0.3) is 11.1 Å². The van der Waals surface area contributed by atoms with Crippen LogP contribution in [0.4, 0.5) is 4.39 Å². The van der Waals surface area contributed by atoms with Crippen molar-refractivity contribution in [3.8, 4) is 16.9 Å². The third-order valence-corrected chi connectivity index (χ3v) is 5.72. The predicted octanol–water partition coefficient (Wildman–Crippen LogP) is 4.38. The summed E-state index contributed by atoms with van der Waals surface area (Å²) < 4.78 is 18.3. The van der Waals surface area contributed by atoms with Gasteiger partial charge in [0.15, 0.2) is 0 Å². The van der Waals surface area contributed by atoms with E-state index in [1.54, 1.807) is 41.2 Å². The molecule has 1 heterocycles. The fraction of sp³-hybridized carbons (Fsp3) is 0.231. The van der Waals surface area contributed by atoms with Crippen molar-refractivity contribution in [3.05, 3.63) is 89.7 Å². The lowest BCUT2D eigenvalue weighted by atomic mass is 10.0. The van der Waals surface area contributed by atoms with Gasteiger partial charge in [-0.05, 0) is 53.1 Å². The highest BCUT2D eigenvalue weighted by atomic mass is 19.1. The van der Waals surface area contributed by atoms with Crippen molar-refractivity contribution in [1.29, 1.82) is 0 Å². The molecular formula is C26H25FN2O3. The van der Waals surface area contributed by atoms with Crippen LogP contribution in [-0.2, 0) is 11.3 Å². The minimum absolute atomic E-state index is 0.0442. The van der Waals surface area contributed by atoms with Crippen molar-refractivity contribution >= 4 is 11.8 Å². The van der Waals surface area contributed by atoms with Crippen LogP contribution in [0, 0.1) is 5.82 Å². The molecule has 5 nitrogen and oxygen atoms in total. The number of ether oxygens (including phenoxy) is 1. The minimum atomic E-state index is -0.280. The van der Waals surface area contributed by atoms with Crippen LogP contribution in [0.5, 0.6) is 5.75 Å². The molecule has 0 unspecified atom stereocenters. The molecule has 0 aromatic heterocycles. The smallest absolute Gasteiger partial charge is 0.253 e. The van der Waals surface area contributed by atoms with Crippen molar-refractivity contribution in [1.82, 2.24) is 9.80 Å². The van der Waals surface area contributed by atoms with Gasteiger partial charge in [-0.1, -0.05) is 36.4 Å². The van der Waals surface area contributed by atoms with Gasteiger partial charge in [0.25, 0.3) is 5.91 Å². The van der Waals surface area contributed by atoms with Crippen LogP contribution in [0.15, 0.2) is 72.8 Å². The van der Waals surface area contributed by atoms with E-state index in [2.05, 4.69) is 0 Å². The number of rotatable bonds is 5. The first kappa shape index (κ1) is 21.6. The van der Waals surface area contributed by atoms with Crippen LogP contribution in [0.2, 0.25) is 0 Å². The van der Waals surface area contributed by atoms with Crippen LogP contribution >= 0.6 is 0 Å². The highest BCUT2D eigenvalue weighted by molar-refractivity contribution is 5.95. The van der Waals surface area contributed by atoms with Gasteiger partial charge in [0.05, 0.1) is 7.11 Å². The monoisotopic (exact) mass is 432 g/mol. The average molecular weight is 432 g/mol. The van der Waals surface area contributed by atoms with Gasteiger partial charge in [0.1, 0.15) is 11.6 Å². The molecular weight excluding hydrogens is 407 g/mol. The fourth-order valence-electron chi connectivity index (χ4n) is 3.82. The number of hydrogen-bond donors (Lipinski definition) is 0. The molecule has 2 amide bonds. The van der Waals surface area contributed by atoms with Crippen molar-refractivity contribution in [2.45, 2.75) is 13.0 Å². The molecule has 0 radical (unpaired) electrons. The lowest BCUT2D eigenvalue weighted by Gasteiger charge is -2.22. The molecule has 3 aromatic rings. The topological polar surface area (TPSA) is 49.9 Å². The van der Waals surface area contributed by atoms with E-state index in [0.29, 0.717) is 38.2 Å². The maximum atomic E-state index is 13.1. The third kappa shape index (κ3) is 4.97. The van der Waals surface area contributed by atoms with Gasteiger partial charge in [-0.15, -0.1) is 0 Å². The predicted molar refractivity (Wildman–Crippen MR) is 121 cm³/mol. The lowest BCUT2D eigenvalue weighted by Crippen LogP contribution is -2.35. The molecule has 1 saturated heterocycles. The van der Waals surface area contributed by atoms with Crippen molar-refractivity contribution in [3.63, 3.8) is 0 Å². The summed E-state index contributed by atoms with van der Waals surface area (Å²) in [5.41, 5.74) is 3.40. The van der Waals surface area contributed by atoms with E-state index in [9.17, 15) is 14.0 Å². The Kier molecular flexibility index (Phi) is 6.50. The quantitative estimate of drug-likeness (QED) is 0.601. The zero-order chi connectivity index (χ0) is 22.5. The first-order valence-corrected chi connectivity index (χ1v) is 10.6. The summed E-state index contributed by atoms with van der Waals surface area (Å²) >= 11 is 0. The molecule has 1 fully saturated rings. The van der Waals surface area contributed by atoms with Gasteiger partial charge < -0.3 is 14.5 Å². The molecule has 164 valence electrons. The highest BCUT2D eigenvalue weighted by Crippen LogP contribution is 2.21. The number of halogens is 1. The van der Waals surface area contributed by atoms with E-state index in [0.717, 1.165) is 22.4 Å². The Morgan fingerprint density at radius 3 is 2.12 bits per heavy atom. The number of carbonyl (C=O) groups excluding carboxylic acids is 2. The van der Waals surface area contributed by atoms with E-state index in [4.69, 9.17) is 4.74 Å². The molecule has 32 heavy (non-hydrogen) atoms. The molecule has 1 aliphatic heterocycles. The highest BCUT2D eigenvalue weighted by Gasteiger charge is 2.24. The van der Waals surface area contributed by atoms with E-state index in [-0.39, 0.29) is 17.6 Å². The summed E-state index contributed by atoms with van der Waals surface area (Å²) in [4.78, 5) is 29.2. The van der Waals surface area contributed by atoms with Gasteiger partial charge in [0, 0.05) is 38.2 Å². The van der Waals surface area contributed by atoms with Crippen LogP contribution in [0.3, 0.4) is 0 Å². The van der Waals surface area contributed by atoms with Crippen molar-refractivity contribution < 1.29 is 18.7 Å². The molecule has 1 aliphatic rings. The number of nitrogens with zero attached hydrogens (tertiary/aromatic N) is 2. The van der Waals surface area contributed by atoms with Gasteiger partial charge in [-0.25, -0.2) is 4.39 Å². The number of carbonyl (C=O) groups is 2. The number of hydrogen-bond acceptors (Lipinski definition) is 3.